The Hall–Kier alpha value is -1.94. The van der Waals surface area contributed by atoms with Crippen LogP contribution in [0.25, 0.3) is 0 Å². The fourth-order valence-electron chi connectivity index (χ4n) is 1.66. The van der Waals surface area contributed by atoms with Gasteiger partial charge in [0, 0.05) is 12.4 Å². The molecule has 1 aromatic carbocycles. The topological polar surface area (TPSA) is 55.2 Å². The van der Waals surface area contributed by atoms with Gasteiger partial charge in [-0.05, 0) is 36.6 Å². The van der Waals surface area contributed by atoms with Crippen molar-refractivity contribution in [2.24, 2.45) is 0 Å². The summed E-state index contributed by atoms with van der Waals surface area (Å²) in [7, 11) is 0. The van der Waals surface area contributed by atoms with Crippen LogP contribution < -0.4 is 4.74 Å². The molecule has 1 atom stereocenters. The molecule has 2 rings (SSSR count). The highest BCUT2D eigenvalue weighted by Crippen LogP contribution is 2.21. The molecule has 4 nitrogen and oxygen atoms in total. The molecule has 0 amide bonds. The number of benzene rings is 1. The van der Waals surface area contributed by atoms with Crippen molar-refractivity contribution >= 4 is 0 Å². The number of hydrogen-bond acceptors (Lipinski definition) is 4. The van der Waals surface area contributed by atoms with Gasteiger partial charge in [-0.25, -0.2) is 9.97 Å². The van der Waals surface area contributed by atoms with E-state index in [2.05, 4.69) is 16.9 Å². The second-order valence-corrected chi connectivity index (χ2v) is 4.44. The molecule has 4 heteroatoms. The number of rotatable bonds is 5. The van der Waals surface area contributed by atoms with E-state index in [1.54, 1.807) is 12.4 Å². The molecule has 2 aromatic rings. The summed E-state index contributed by atoms with van der Waals surface area (Å²) < 4.78 is 5.50. The maximum atomic E-state index is 10.2. The maximum absolute atomic E-state index is 10.2. The van der Waals surface area contributed by atoms with E-state index < -0.39 is 6.10 Å². The molecule has 19 heavy (non-hydrogen) atoms. The van der Waals surface area contributed by atoms with Crippen LogP contribution in [0, 0.1) is 6.92 Å². The molecule has 0 fully saturated rings. The van der Waals surface area contributed by atoms with E-state index in [0.29, 0.717) is 12.4 Å². The van der Waals surface area contributed by atoms with Crippen molar-refractivity contribution in [3.05, 3.63) is 53.6 Å². The lowest BCUT2D eigenvalue weighted by atomic mass is 10.1. The summed E-state index contributed by atoms with van der Waals surface area (Å²) in [5, 5.41) is 10.2. The van der Waals surface area contributed by atoms with Crippen LogP contribution >= 0.6 is 0 Å². The van der Waals surface area contributed by atoms with E-state index in [9.17, 15) is 5.11 Å². The van der Waals surface area contributed by atoms with Crippen molar-refractivity contribution in [3.63, 3.8) is 0 Å². The first-order valence-corrected chi connectivity index (χ1v) is 6.40. The summed E-state index contributed by atoms with van der Waals surface area (Å²) in [6, 6.07) is 7.36. The Balaban J connectivity index is 2.10. The minimum atomic E-state index is -0.805. The standard InChI is InChI=1S/C15H18N2O2/c1-3-8-19-13-6-4-12(5-7-13)14(18)15-16-9-11(2)10-17-15/h4-7,9-10,14,18H,3,8H2,1-2H3. The molecule has 1 aromatic heterocycles. The van der Waals surface area contributed by atoms with Gasteiger partial charge >= 0.3 is 0 Å². The molecule has 0 aliphatic carbocycles. The highest BCUT2D eigenvalue weighted by atomic mass is 16.5. The number of ether oxygens (including phenoxy) is 1. The van der Waals surface area contributed by atoms with Crippen LogP contribution in [0.5, 0.6) is 5.75 Å². The molecule has 0 radical (unpaired) electrons. The number of nitrogens with zero attached hydrogens (tertiary/aromatic N) is 2. The fourth-order valence-corrected chi connectivity index (χ4v) is 1.66. The minimum absolute atomic E-state index is 0.410. The molecule has 0 spiro atoms. The normalized spacial score (nSPS) is 12.2. The SMILES string of the molecule is CCCOc1ccc(C(O)c2ncc(C)cn2)cc1. The number of aryl methyl sites for hydroxylation is 1. The van der Waals surface area contributed by atoms with Gasteiger partial charge in [-0.3, -0.25) is 0 Å². The molecule has 1 N–H and O–H groups in total. The molecular weight excluding hydrogens is 240 g/mol. The molecule has 100 valence electrons. The number of aromatic nitrogens is 2. The second-order valence-electron chi connectivity index (χ2n) is 4.44. The predicted octanol–water partition coefficient (Wildman–Crippen LogP) is 2.66. The Morgan fingerprint density at radius 1 is 1.16 bits per heavy atom. The van der Waals surface area contributed by atoms with Gasteiger partial charge in [0.25, 0.3) is 0 Å². The molecule has 0 saturated carbocycles. The van der Waals surface area contributed by atoms with Gasteiger partial charge in [0.2, 0.25) is 0 Å². The van der Waals surface area contributed by atoms with Crippen LogP contribution in [0.3, 0.4) is 0 Å². The Kier molecular flexibility index (Phi) is 4.47. The lowest BCUT2D eigenvalue weighted by molar-refractivity contribution is 0.209. The third kappa shape index (κ3) is 3.51. The average molecular weight is 258 g/mol. The first-order chi connectivity index (χ1) is 9.20. The Morgan fingerprint density at radius 2 is 1.79 bits per heavy atom. The predicted molar refractivity (Wildman–Crippen MR) is 73.1 cm³/mol. The van der Waals surface area contributed by atoms with Crippen molar-refractivity contribution in [1.29, 1.82) is 0 Å². The molecule has 0 bridgehead atoms. The monoisotopic (exact) mass is 258 g/mol. The van der Waals surface area contributed by atoms with Crippen molar-refractivity contribution in [2.45, 2.75) is 26.4 Å². The number of hydrogen-bond donors (Lipinski definition) is 1. The van der Waals surface area contributed by atoms with E-state index in [0.717, 1.165) is 23.3 Å². The number of aliphatic hydroxyl groups is 1. The Bertz CT molecular complexity index is 509. The van der Waals surface area contributed by atoms with Crippen LogP contribution in [0.1, 0.15) is 36.4 Å². The third-order valence-electron chi connectivity index (χ3n) is 2.71. The summed E-state index contributed by atoms with van der Waals surface area (Å²) >= 11 is 0. The molecule has 1 unspecified atom stereocenters. The fraction of sp³-hybridized carbons (Fsp3) is 0.333. The lowest BCUT2D eigenvalue weighted by Crippen LogP contribution is -2.05. The highest BCUT2D eigenvalue weighted by molar-refractivity contribution is 5.30. The van der Waals surface area contributed by atoms with Gasteiger partial charge in [-0.1, -0.05) is 19.1 Å². The summed E-state index contributed by atoms with van der Waals surface area (Å²) in [4.78, 5) is 8.27. The largest absolute Gasteiger partial charge is 0.494 e. The Labute approximate surface area is 113 Å². The summed E-state index contributed by atoms with van der Waals surface area (Å²) in [6.45, 7) is 4.67. The molecular formula is C15H18N2O2. The lowest BCUT2D eigenvalue weighted by Gasteiger charge is -2.11. The quantitative estimate of drug-likeness (QED) is 0.895. The van der Waals surface area contributed by atoms with Crippen molar-refractivity contribution < 1.29 is 9.84 Å². The zero-order valence-electron chi connectivity index (χ0n) is 11.2. The van der Waals surface area contributed by atoms with E-state index in [4.69, 9.17) is 4.74 Å². The molecule has 0 aliphatic heterocycles. The van der Waals surface area contributed by atoms with E-state index in [-0.39, 0.29) is 0 Å². The van der Waals surface area contributed by atoms with Crippen LogP contribution in [0.4, 0.5) is 0 Å². The van der Waals surface area contributed by atoms with Crippen molar-refractivity contribution in [2.75, 3.05) is 6.61 Å². The van der Waals surface area contributed by atoms with E-state index in [1.165, 1.54) is 0 Å². The minimum Gasteiger partial charge on any atom is -0.494 e. The van der Waals surface area contributed by atoms with Gasteiger partial charge in [0.15, 0.2) is 5.82 Å². The van der Waals surface area contributed by atoms with Gasteiger partial charge in [-0.2, -0.15) is 0 Å². The molecule has 0 aliphatic rings. The van der Waals surface area contributed by atoms with Crippen LogP contribution in [-0.4, -0.2) is 21.7 Å². The zero-order valence-corrected chi connectivity index (χ0v) is 11.2. The maximum Gasteiger partial charge on any atom is 0.161 e. The second kappa shape index (κ2) is 6.29. The van der Waals surface area contributed by atoms with Gasteiger partial charge in [0.05, 0.1) is 6.61 Å². The smallest absolute Gasteiger partial charge is 0.161 e. The van der Waals surface area contributed by atoms with Crippen LogP contribution in [0.15, 0.2) is 36.7 Å². The summed E-state index contributed by atoms with van der Waals surface area (Å²) in [5.41, 5.74) is 1.73. The van der Waals surface area contributed by atoms with E-state index in [1.807, 2.05) is 31.2 Å². The van der Waals surface area contributed by atoms with E-state index >= 15 is 0 Å². The first kappa shape index (κ1) is 13.5. The van der Waals surface area contributed by atoms with Crippen molar-refractivity contribution in [1.82, 2.24) is 9.97 Å². The average Bonchev–Trinajstić information content (AvgIpc) is 2.46. The third-order valence-corrected chi connectivity index (χ3v) is 2.71. The number of aliphatic hydroxyl groups excluding tert-OH is 1. The van der Waals surface area contributed by atoms with Gasteiger partial charge < -0.3 is 9.84 Å². The summed E-state index contributed by atoms with van der Waals surface area (Å²) in [6.07, 6.45) is 3.57. The van der Waals surface area contributed by atoms with Gasteiger partial charge in [-0.15, -0.1) is 0 Å². The van der Waals surface area contributed by atoms with Crippen molar-refractivity contribution in [3.8, 4) is 5.75 Å². The van der Waals surface area contributed by atoms with Crippen LogP contribution in [0.2, 0.25) is 0 Å². The first-order valence-electron chi connectivity index (χ1n) is 6.40. The molecule has 0 saturated heterocycles. The highest BCUT2D eigenvalue weighted by Gasteiger charge is 2.13. The Morgan fingerprint density at radius 3 is 2.37 bits per heavy atom. The van der Waals surface area contributed by atoms with Gasteiger partial charge in [0.1, 0.15) is 11.9 Å². The summed E-state index contributed by atoms with van der Waals surface area (Å²) in [5.74, 6) is 1.22. The molecule has 1 heterocycles. The van der Waals surface area contributed by atoms with Crippen LogP contribution in [-0.2, 0) is 0 Å². The zero-order chi connectivity index (χ0) is 13.7.